The van der Waals surface area contributed by atoms with Gasteiger partial charge in [-0.3, -0.25) is 14.8 Å². The number of aromatic nitrogens is 2. The van der Waals surface area contributed by atoms with Gasteiger partial charge in [0.25, 0.3) is 5.91 Å². The summed E-state index contributed by atoms with van der Waals surface area (Å²) in [5, 5.41) is 0. The molecule has 118 valence electrons. The van der Waals surface area contributed by atoms with Crippen LogP contribution in [0.2, 0.25) is 0 Å². The topological polar surface area (TPSA) is 55.3 Å². The zero-order valence-corrected chi connectivity index (χ0v) is 13.4. The van der Waals surface area contributed by atoms with Crippen LogP contribution in [0.4, 0.5) is 0 Å². The van der Waals surface area contributed by atoms with Crippen LogP contribution in [0.15, 0.2) is 49.1 Å². The molecule has 0 unspecified atom stereocenters. The number of thioether (sulfide) groups is 1. The van der Waals surface area contributed by atoms with E-state index in [1.165, 1.54) is 0 Å². The highest BCUT2D eigenvalue weighted by Crippen LogP contribution is 2.46. The minimum Gasteiger partial charge on any atom is -0.488 e. The molecule has 2 aliphatic heterocycles. The summed E-state index contributed by atoms with van der Waals surface area (Å²) in [6, 6.07) is 7.42. The fourth-order valence-electron chi connectivity index (χ4n) is 3.17. The lowest BCUT2D eigenvalue weighted by atomic mass is 9.92. The van der Waals surface area contributed by atoms with Gasteiger partial charge in [-0.15, -0.1) is 11.8 Å². The maximum absolute atomic E-state index is 12.4. The van der Waals surface area contributed by atoms with Gasteiger partial charge in [0.1, 0.15) is 11.9 Å². The quantitative estimate of drug-likeness (QED) is 0.865. The monoisotopic (exact) mass is 327 g/mol. The molecule has 0 saturated carbocycles. The molecule has 6 heteroatoms. The molecule has 2 fully saturated rings. The molecular weight excluding hydrogens is 310 g/mol. The molecular formula is C17H17N3O2S. The van der Waals surface area contributed by atoms with Gasteiger partial charge in [-0.1, -0.05) is 0 Å². The highest BCUT2D eigenvalue weighted by Gasteiger charge is 2.51. The average Bonchev–Trinajstić information content (AvgIpc) is 2.99. The molecule has 0 N–H and O–H groups in total. The van der Waals surface area contributed by atoms with Crippen molar-refractivity contribution in [3.05, 3.63) is 54.6 Å². The Morgan fingerprint density at radius 1 is 1.22 bits per heavy atom. The first-order valence-electron chi connectivity index (χ1n) is 7.64. The number of likely N-dealkylation sites (tertiary alicyclic amines) is 1. The zero-order valence-electron chi connectivity index (χ0n) is 12.6. The molecule has 0 radical (unpaired) electrons. The van der Waals surface area contributed by atoms with Crippen LogP contribution in [-0.4, -0.2) is 50.5 Å². The maximum atomic E-state index is 12.4. The van der Waals surface area contributed by atoms with Gasteiger partial charge < -0.3 is 9.64 Å². The number of pyridine rings is 2. The van der Waals surface area contributed by atoms with Crippen LogP contribution in [0.25, 0.3) is 0 Å². The van der Waals surface area contributed by atoms with Gasteiger partial charge >= 0.3 is 0 Å². The van der Waals surface area contributed by atoms with E-state index < -0.39 is 0 Å². The van der Waals surface area contributed by atoms with Crippen molar-refractivity contribution in [3.63, 3.8) is 0 Å². The Morgan fingerprint density at radius 2 is 2.00 bits per heavy atom. The second-order valence-electron chi connectivity index (χ2n) is 6.03. The molecule has 0 aromatic carbocycles. The van der Waals surface area contributed by atoms with Gasteiger partial charge in [-0.05, 0) is 24.3 Å². The lowest BCUT2D eigenvalue weighted by molar-refractivity contribution is 0.0517. The van der Waals surface area contributed by atoms with Crippen molar-refractivity contribution in [2.24, 2.45) is 0 Å². The lowest BCUT2D eigenvalue weighted by Crippen LogP contribution is -2.60. The molecule has 1 spiro atoms. The van der Waals surface area contributed by atoms with Gasteiger partial charge in [-0.2, -0.15) is 0 Å². The Balaban J connectivity index is 1.34. The fourth-order valence-corrected chi connectivity index (χ4v) is 4.70. The first-order chi connectivity index (χ1) is 11.2. The Kier molecular flexibility index (Phi) is 3.69. The molecule has 2 saturated heterocycles. The van der Waals surface area contributed by atoms with Crippen molar-refractivity contribution >= 4 is 17.7 Å². The maximum Gasteiger partial charge on any atom is 0.255 e. The van der Waals surface area contributed by atoms with Crippen molar-refractivity contribution in [1.29, 1.82) is 0 Å². The molecule has 1 amide bonds. The number of ether oxygens (including phenoxy) is 1. The van der Waals surface area contributed by atoms with E-state index >= 15 is 0 Å². The van der Waals surface area contributed by atoms with Crippen LogP contribution in [0, 0.1) is 0 Å². The Morgan fingerprint density at radius 3 is 2.70 bits per heavy atom. The first-order valence-corrected chi connectivity index (χ1v) is 8.63. The summed E-state index contributed by atoms with van der Waals surface area (Å²) in [6.07, 6.45) is 7.97. The number of carbonyl (C=O) groups is 1. The van der Waals surface area contributed by atoms with Crippen molar-refractivity contribution in [2.75, 3.05) is 18.8 Å². The van der Waals surface area contributed by atoms with Crippen LogP contribution in [0.3, 0.4) is 0 Å². The third-order valence-electron chi connectivity index (χ3n) is 4.27. The van der Waals surface area contributed by atoms with Crippen LogP contribution in [0.5, 0.6) is 5.75 Å². The van der Waals surface area contributed by atoms with E-state index in [0.29, 0.717) is 5.56 Å². The predicted octanol–water partition coefficient (Wildman–Crippen LogP) is 2.26. The van der Waals surface area contributed by atoms with Gasteiger partial charge in [0, 0.05) is 43.9 Å². The molecule has 4 heterocycles. The third kappa shape index (κ3) is 2.91. The van der Waals surface area contributed by atoms with Gasteiger partial charge in [-0.25, -0.2) is 0 Å². The molecule has 2 aromatic rings. The SMILES string of the molecule is O=C(c1cccnc1)N1CC2(C[C@@H](Oc3cccnc3)CS2)C1. The Labute approximate surface area is 139 Å². The van der Waals surface area contributed by atoms with Gasteiger partial charge in [0.05, 0.1) is 16.5 Å². The van der Waals surface area contributed by atoms with Crippen LogP contribution in [-0.2, 0) is 0 Å². The Bertz CT molecular complexity index is 689. The minimum absolute atomic E-state index is 0.0703. The molecule has 5 nitrogen and oxygen atoms in total. The summed E-state index contributed by atoms with van der Waals surface area (Å²) < 4.78 is 6.15. The summed E-state index contributed by atoms with van der Waals surface area (Å²) in [5.41, 5.74) is 0.661. The number of amides is 1. The summed E-state index contributed by atoms with van der Waals surface area (Å²) in [7, 11) is 0. The van der Waals surface area contributed by atoms with E-state index in [0.717, 1.165) is 31.0 Å². The molecule has 4 rings (SSSR count). The summed E-state index contributed by atoms with van der Waals surface area (Å²) in [5.74, 6) is 1.85. The second kappa shape index (κ2) is 5.85. The van der Waals surface area contributed by atoms with Crippen molar-refractivity contribution in [1.82, 2.24) is 14.9 Å². The highest BCUT2D eigenvalue weighted by atomic mass is 32.2. The normalized spacial score (nSPS) is 21.9. The third-order valence-corrected chi connectivity index (χ3v) is 5.84. The number of hydrogen-bond donors (Lipinski definition) is 0. The molecule has 23 heavy (non-hydrogen) atoms. The largest absolute Gasteiger partial charge is 0.488 e. The molecule has 0 aliphatic carbocycles. The fraction of sp³-hybridized carbons (Fsp3) is 0.353. The van der Waals surface area contributed by atoms with Crippen LogP contribution in [0.1, 0.15) is 16.8 Å². The predicted molar refractivity (Wildman–Crippen MR) is 88.6 cm³/mol. The second-order valence-corrected chi connectivity index (χ2v) is 7.52. The molecule has 2 aromatic heterocycles. The highest BCUT2D eigenvalue weighted by molar-refractivity contribution is 8.01. The minimum atomic E-state index is 0.0703. The van der Waals surface area contributed by atoms with Gasteiger partial charge in [0.15, 0.2) is 0 Å². The first kappa shape index (κ1) is 14.5. The number of hydrogen-bond acceptors (Lipinski definition) is 5. The molecule has 1 atom stereocenters. The zero-order chi connectivity index (χ0) is 15.7. The van der Waals surface area contributed by atoms with Crippen molar-refractivity contribution in [3.8, 4) is 5.75 Å². The smallest absolute Gasteiger partial charge is 0.255 e. The van der Waals surface area contributed by atoms with E-state index in [2.05, 4.69) is 9.97 Å². The van der Waals surface area contributed by atoms with Gasteiger partial charge in [0.2, 0.25) is 0 Å². The average molecular weight is 327 g/mol. The van der Waals surface area contributed by atoms with E-state index in [9.17, 15) is 4.79 Å². The van der Waals surface area contributed by atoms with Crippen LogP contribution >= 0.6 is 11.8 Å². The number of nitrogens with zero attached hydrogens (tertiary/aromatic N) is 3. The van der Waals surface area contributed by atoms with Crippen molar-refractivity contribution < 1.29 is 9.53 Å². The summed E-state index contributed by atoms with van der Waals surface area (Å²) in [6.45, 7) is 1.58. The number of carbonyl (C=O) groups excluding carboxylic acids is 1. The summed E-state index contributed by atoms with van der Waals surface area (Å²) >= 11 is 1.92. The van der Waals surface area contributed by atoms with E-state index in [1.54, 1.807) is 30.9 Å². The number of rotatable bonds is 3. The molecule has 0 bridgehead atoms. The standard InChI is InChI=1S/C17H17N3O2S/c21-16(13-3-1-5-18-8-13)20-11-17(12-20)7-15(10-23-17)22-14-4-2-6-19-9-14/h1-6,8-9,15H,7,10-12H2/t15-/m1/s1. The summed E-state index contributed by atoms with van der Waals surface area (Å²) in [4.78, 5) is 22.4. The molecule has 2 aliphatic rings. The lowest BCUT2D eigenvalue weighted by Gasteiger charge is -2.47. The van der Waals surface area contributed by atoms with E-state index in [1.807, 2.05) is 34.9 Å². The van der Waals surface area contributed by atoms with E-state index in [-0.39, 0.29) is 16.8 Å². The Hall–Kier alpha value is -2.08. The van der Waals surface area contributed by atoms with Crippen LogP contribution < -0.4 is 4.74 Å². The van der Waals surface area contributed by atoms with E-state index in [4.69, 9.17) is 4.74 Å². The van der Waals surface area contributed by atoms with Crippen molar-refractivity contribution in [2.45, 2.75) is 17.3 Å².